The van der Waals surface area contributed by atoms with Crippen LogP contribution in [0.2, 0.25) is 0 Å². The van der Waals surface area contributed by atoms with Crippen LogP contribution in [-0.2, 0) is 23.7 Å². The summed E-state index contributed by atoms with van der Waals surface area (Å²) in [6.45, 7) is 4.82. The van der Waals surface area contributed by atoms with Crippen molar-refractivity contribution in [2.45, 2.75) is 43.9 Å². The van der Waals surface area contributed by atoms with Crippen LogP contribution in [0, 0.1) is 0 Å². The molecule has 0 amide bonds. The van der Waals surface area contributed by atoms with E-state index in [1.807, 2.05) is 7.05 Å². The van der Waals surface area contributed by atoms with Gasteiger partial charge in [0.1, 0.15) is 0 Å². The Kier molecular flexibility index (Phi) is 9.77. The number of benzene rings is 6. The highest BCUT2D eigenvalue weighted by Gasteiger charge is 2.43. The van der Waals surface area contributed by atoms with Gasteiger partial charge in [0.15, 0.2) is 0 Å². The zero-order valence-corrected chi connectivity index (χ0v) is 30.3. The van der Waals surface area contributed by atoms with Crippen LogP contribution < -0.4 is 10.2 Å². The third-order valence-corrected chi connectivity index (χ3v) is 10.8. The number of fused-ring (bicyclic) bond motifs is 4. The second-order valence-corrected chi connectivity index (χ2v) is 14.4. The van der Waals surface area contributed by atoms with Crippen LogP contribution in [0.25, 0.3) is 21.5 Å². The smallest absolute Gasteiger partial charge is 0.0454 e. The maximum absolute atomic E-state index is 3.51. The van der Waals surface area contributed by atoms with Crippen LogP contribution in [0.1, 0.15) is 42.5 Å². The first-order chi connectivity index (χ1) is 24.9. The lowest BCUT2D eigenvalue weighted by Crippen LogP contribution is -2.28. The van der Waals surface area contributed by atoms with E-state index >= 15 is 0 Å². The van der Waals surface area contributed by atoms with Gasteiger partial charge in [-0.1, -0.05) is 165 Å². The quantitative estimate of drug-likeness (QED) is 0.139. The van der Waals surface area contributed by atoms with E-state index < -0.39 is 0 Å². The van der Waals surface area contributed by atoms with Gasteiger partial charge in [0.25, 0.3) is 0 Å². The summed E-state index contributed by atoms with van der Waals surface area (Å²) in [6, 6.07) is 48.4. The number of likely N-dealkylation sites (N-methyl/N-ethyl adjacent to an activating group) is 1. The van der Waals surface area contributed by atoms with Gasteiger partial charge in [-0.05, 0) is 88.2 Å². The van der Waals surface area contributed by atoms with Gasteiger partial charge in [-0.25, -0.2) is 0 Å². The molecule has 2 atom stereocenters. The largest absolute Gasteiger partial charge is 0.388 e. The number of allylic oxidation sites excluding steroid dienone is 8. The van der Waals surface area contributed by atoms with E-state index in [1.54, 1.807) is 0 Å². The number of nitrogens with one attached hydrogen (secondary N) is 1. The molecule has 254 valence electrons. The second-order valence-electron chi connectivity index (χ2n) is 14.4. The highest BCUT2D eigenvalue weighted by Crippen LogP contribution is 2.52. The van der Waals surface area contributed by atoms with Crippen LogP contribution in [0.15, 0.2) is 182 Å². The second kappa shape index (κ2) is 14.7. The number of anilines is 2. The summed E-state index contributed by atoms with van der Waals surface area (Å²) in [4.78, 5) is 2.39. The standard InChI is InChI=1S/C49H48N2/c1-48(35-37-21-11-9-12-22-37,46-41-27-18-16-25-39(41)30-32-43(46)50-3)34-20-8-6-5-7-15-29-45-49(2,36-38-23-13-10-14-24-38)47-42-28-19-17-26-40(42)31-33-44(47)51(45)4/h5-33,50H,34-36H2,1-4H3/b6-5+,15-7+,20-8+,45-29+. The first-order valence-electron chi connectivity index (χ1n) is 18.2. The fourth-order valence-electron chi connectivity index (χ4n) is 8.41. The topological polar surface area (TPSA) is 15.3 Å². The van der Waals surface area contributed by atoms with Crippen LogP contribution in [0.5, 0.6) is 0 Å². The molecule has 2 nitrogen and oxygen atoms in total. The Morgan fingerprint density at radius 3 is 1.96 bits per heavy atom. The first-order valence-corrected chi connectivity index (χ1v) is 18.2. The van der Waals surface area contributed by atoms with Gasteiger partial charge >= 0.3 is 0 Å². The molecule has 0 aliphatic carbocycles. The predicted molar refractivity (Wildman–Crippen MR) is 221 cm³/mol. The minimum atomic E-state index is -0.169. The van der Waals surface area contributed by atoms with Crippen molar-refractivity contribution in [1.29, 1.82) is 0 Å². The third-order valence-electron chi connectivity index (χ3n) is 10.8. The average molecular weight is 665 g/mol. The summed E-state index contributed by atoms with van der Waals surface area (Å²) in [5, 5.41) is 8.72. The monoisotopic (exact) mass is 664 g/mol. The molecule has 2 unspecified atom stereocenters. The van der Waals surface area contributed by atoms with Crippen LogP contribution in [0.3, 0.4) is 0 Å². The number of hydrogen-bond donors (Lipinski definition) is 1. The molecule has 7 rings (SSSR count). The maximum atomic E-state index is 3.51. The van der Waals surface area contributed by atoms with Crippen LogP contribution in [-0.4, -0.2) is 14.1 Å². The predicted octanol–water partition coefficient (Wildman–Crippen LogP) is 12.1. The van der Waals surface area contributed by atoms with Gasteiger partial charge in [0.05, 0.1) is 0 Å². The van der Waals surface area contributed by atoms with Gasteiger partial charge in [-0.15, -0.1) is 0 Å². The summed E-state index contributed by atoms with van der Waals surface area (Å²) in [5.41, 5.74) is 8.99. The SMILES string of the molecule is CNc1ccc2ccccc2c1C(C)(C/C=C/C=C/C=C/C=C1/N(C)c2ccc3ccccc3c2C1(C)Cc1ccccc1)Cc1ccccc1. The Morgan fingerprint density at radius 1 is 0.647 bits per heavy atom. The zero-order valence-electron chi connectivity index (χ0n) is 30.3. The van der Waals surface area contributed by atoms with Crippen molar-refractivity contribution in [2.75, 3.05) is 24.3 Å². The van der Waals surface area contributed by atoms with Gasteiger partial charge in [-0.3, -0.25) is 0 Å². The van der Waals surface area contributed by atoms with Crippen molar-refractivity contribution in [3.8, 4) is 0 Å². The van der Waals surface area contributed by atoms with Gasteiger partial charge < -0.3 is 10.2 Å². The Bertz CT molecular complexity index is 2260. The zero-order chi connectivity index (χ0) is 35.3. The van der Waals surface area contributed by atoms with Crippen molar-refractivity contribution in [3.05, 3.63) is 204 Å². The molecule has 0 spiro atoms. The molecular weight excluding hydrogens is 617 g/mol. The molecule has 1 aliphatic heterocycles. The molecule has 51 heavy (non-hydrogen) atoms. The molecule has 1 N–H and O–H groups in total. The third kappa shape index (κ3) is 6.79. The Balaban J connectivity index is 1.15. The van der Waals surface area contributed by atoms with Crippen LogP contribution in [0.4, 0.5) is 11.4 Å². The Hall–Kier alpha value is -5.60. The summed E-state index contributed by atoms with van der Waals surface area (Å²) in [6.07, 6.45) is 18.3. The van der Waals surface area contributed by atoms with Crippen molar-refractivity contribution in [1.82, 2.24) is 0 Å². The van der Waals surface area contributed by atoms with Crippen molar-refractivity contribution in [2.24, 2.45) is 0 Å². The fourth-order valence-corrected chi connectivity index (χ4v) is 8.41. The summed E-state index contributed by atoms with van der Waals surface area (Å²) < 4.78 is 0. The fraction of sp³-hybridized carbons (Fsp3) is 0.184. The molecule has 0 aromatic heterocycles. The van der Waals surface area contributed by atoms with Gasteiger partial charge in [0.2, 0.25) is 0 Å². The van der Waals surface area contributed by atoms with Crippen molar-refractivity contribution < 1.29 is 0 Å². The van der Waals surface area contributed by atoms with E-state index in [4.69, 9.17) is 0 Å². The van der Waals surface area contributed by atoms with E-state index in [9.17, 15) is 0 Å². The summed E-state index contributed by atoms with van der Waals surface area (Å²) in [7, 11) is 4.25. The molecule has 0 radical (unpaired) electrons. The number of rotatable bonds is 11. The average Bonchev–Trinajstić information content (AvgIpc) is 3.37. The summed E-state index contributed by atoms with van der Waals surface area (Å²) in [5.74, 6) is 0. The molecule has 2 heteroatoms. The molecule has 0 saturated carbocycles. The van der Waals surface area contributed by atoms with E-state index in [0.29, 0.717) is 0 Å². The molecule has 0 saturated heterocycles. The van der Waals surface area contributed by atoms with Gasteiger partial charge in [0, 0.05) is 42.0 Å². The molecule has 1 heterocycles. The van der Waals surface area contributed by atoms with Gasteiger partial charge in [-0.2, -0.15) is 0 Å². The lowest BCUT2D eigenvalue weighted by atomic mass is 9.72. The van der Waals surface area contributed by atoms with E-state index in [-0.39, 0.29) is 10.8 Å². The normalized spacial score (nSPS) is 18.0. The number of hydrogen-bond acceptors (Lipinski definition) is 2. The molecule has 0 bridgehead atoms. The molecule has 1 aliphatic rings. The van der Waals surface area contributed by atoms with E-state index in [0.717, 1.165) is 19.3 Å². The Labute approximate surface area is 304 Å². The lowest BCUT2D eigenvalue weighted by Gasteiger charge is -2.33. The lowest BCUT2D eigenvalue weighted by molar-refractivity contribution is 0.480. The Morgan fingerprint density at radius 2 is 1.24 bits per heavy atom. The molecule has 6 aromatic rings. The minimum Gasteiger partial charge on any atom is -0.388 e. The van der Waals surface area contributed by atoms with E-state index in [2.05, 4.69) is 207 Å². The first kappa shape index (κ1) is 33.9. The maximum Gasteiger partial charge on any atom is 0.0454 e. The van der Waals surface area contributed by atoms with E-state index in [1.165, 1.54) is 60.9 Å². The summed E-state index contributed by atoms with van der Waals surface area (Å²) >= 11 is 0. The molecule has 0 fully saturated rings. The molecular formula is C49H48N2. The van der Waals surface area contributed by atoms with Crippen molar-refractivity contribution >= 4 is 32.9 Å². The highest BCUT2D eigenvalue weighted by atomic mass is 15.2. The highest BCUT2D eigenvalue weighted by molar-refractivity contribution is 5.95. The van der Waals surface area contributed by atoms with Crippen molar-refractivity contribution in [3.63, 3.8) is 0 Å². The molecule has 6 aromatic carbocycles. The van der Waals surface area contributed by atoms with Crippen LogP contribution >= 0.6 is 0 Å². The minimum absolute atomic E-state index is 0.111. The number of nitrogens with zero attached hydrogens (tertiary/aromatic N) is 1.